The highest BCUT2D eigenvalue weighted by atomic mass is 14.7. The Morgan fingerprint density at radius 2 is 1.73 bits per heavy atom. The zero-order valence-electron chi connectivity index (χ0n) is 10.7. The van der Waals surface area contributed by atoms with Crippen LogP contribution in [0.15, 0.2) is 0 Å². The molecule has 1 saturated carbocycles. The summed E-state index contributed by atoms with van der Waals surface area (Å²) in [5.41, 5.74) is 6.11. The topological polar surface area (TPSA) is 26.0 Å². The molecule has 1 aliphatic carbocycles. The number of unbranched alkanes of at least 4 members (excludes halogenated alkanes) is 1. The Hall–Kier alpha value is -0.0400. The lowest BCUT2D eigenvalue weighted by Crippen LogP contribution is -2.22. The van der Waals surface area contributed by atoms with E-state index >= 15 is 0 Å². The van der Waals surface area contributed by atoms with Crippen molar-refractivity contribution in [1.82, 2.24) is 0 Å². The first-order valence-corrected chi connectivity index (χ1v) is 7.03. The smallest absolute Gasteiger partial charge is 0.00671 e. The monoisotopic (exact) mass is 211 g/mol. The van der Waals surface area contributed by atoms with Crippen LogP contribution in [0.4, 0.5) is 0 Å². The van der Waals surface area contributed by atoms with Crippen molar-refractivity contribution in [3.8, 4) is 0 Å². The highest BCUT2D eigenvalue weighted by Crippen LogP contribution is 2.33. The summed E-state index contributed by atoms with van der Waals surface area (Å²) >= 11 is 0. The van der Waals surface area contributed by atoms with Gasteiger partial charge in [-0.2, -0.15) is 0 Å². The molecule has 0 amide bonds. The molecule has 1 aliphatic rings. The minimum atomic E-state index is 0.522. The van der Waals surface area contributed by atoms with Crippen LogP contribution in [0.1, 0.15) is 71.6 Å². The van der Waals surface area contributed by atoms with Crippen molar-refractivity contribution >= 4 is 0 Å². The maximum atomic E-state index is 6.11. The summed E-state index contributed by atoms with van der Waals surface area (Å²) in [6, 6.07) is 0.522. The van der Waals surface area contributed by atoms with Crippen molar-refractivity contribution in [3.05, 3.63) is 0 Å². The molecule has 1 heteroatoms. The van der Waals surface area contributed by atoms with Crippen LogP contribution in [-0.2, 0) is 0 Å². The van der Waals surface area contributed by atoms with E-state index in [0.29, 0.717) is 6.04 Å². The van der Waals surface area contributed by atoms with Gasteiger partial charge in [-0.3, -0.25) is 0 Å². The molecule has 1 fully saturated rings. The summed E-state index contributed by atoms with van der Waals surface area (Å²) in [6.07, 6.45) is 12.4. The van der Waals surface area contributed by atoms with Gasteiger partial charge in [-0.25, -0.2) is 0 Å². The predicted octanol–water partition coefficient (Wildman–Crippen LogP) is 4.11. The molecular weight excluding hydrogens is 182 g/mol. The summed E-state index contributed by atoms with van der Waals surface area (Å²) in [7, 11) is 0. The van der Waals surface area contributed by atoms with E-state index in [4.69, 9.17) is 5.73 Å². The van der Waals surface area contributed by atoms with Crippen molar-refractivity contribution in [2.45, 2.75) is 77.7 Å². The predicted molar refractivity (Wildman–Crippen MR) is 67.9 cm³/mol. The molecule has 0 aromatic heterocycles. The van der Waals surface area contributed by atoms with E-state index in [9.17, 15) is 0 Å². The first kappa shape index (κ1) is 13.0. The van der Waals surface area contributed by atoms with E-state index in [1.165, 1.54) is 57.8 Å². The molecule has 0 saturated heterocycles. The minimum Gasteiger partial charge on any atom is -0.327 e. The van der Waals surface area contributed by atoms with Gasteiger partial charge in [-0.05, 0) is 31.1 Å². The van der Waals surface area contributed by atoms with Gasteiger partial charge in [0.15, 0.2) is 0 Å². The average Bonchev–Trinajstić information content (AvgIpc) is 3.06. The van der Waals surface area contributed by atoms with E-state index in [2.05, 4.69) is 13.8 Å². The van der Waals surface area contributed by atoms with Crippen LogP contribution in [0.2, 0.25) is 0 Å². The van der Waals surface area contributed by atoms with Gasteiger partial charge >= 0.3 is 0 Å². The van der Waals surface area contributed by atoms with Crippen molar-refractivity contribution < 1.29 is 0 Å². The number of hydrogen-bond donors (Lipinski definition) is 1. The Morgan fingerprint density at radius 1 is 1.07 bits per heavy atom. The highest BCUT2D eigenvalue weighted by molar-refractivity contribution is 4.83. The number of hydrogen-bond acceptors (Lipinski definition) is 1. The number of rotatable bonds is 9. The van der Waals surface area contributed by atoms with E-state index in [0.717, 1.165) is 11.8 Å². The lowest BCUT2D eigenvalue weighted by molar-refractivity contribution is 0.389. The Labute approximate surface area is 95.8 Å². The molecular formula is C14H29N. The van der Waals surface area contributed by atoms with Gasteiger partial charge in [-0.1, -0.05) is 52.4 Å². The molecule has 0 radical (unpaired) electrons. The van der Waals surface area contributed by atoms with Crippen molar-refractivity contribution in [3.63, 3.8) is 0 Å². The molecule has 2 N–H and O–H groups in total. The normalized spacial score (nSPS) is 20.2. The summed E-state index contributed by atoms with van der Waals surface area (Å²) < 4.78 is 0. The molecule has 2 unspecified atom stereocenters. The van der Waals surface area contributed by atoms with Crippen LogP contribution in [0, 0.1) is 11.8 Å². The molecule has 0 spiro atoms. The van der Waals surface area contributed by atoms with E-state index < -0.39 is 0 Å². The van der Waals surface area contributed by atoms with Crippen LogP contribution >= 0.6 is 0 Å². The van der Waals surface area contributed by atoms with Gasteiger partial charge in [0, 0.05) is 6.04 Å². The van der Waals surface area contributed by atoms with E-state index in [1.54, 1.807) is 0 Å². The minimum absolute atomic E-state index is 0.522. The molecule has 0 heterocycles. The second kappa shape index (κ2) is 7.27. The Balaban J connectivity index is 1.99. The standard InChI is InChI=1S/C14H29N/c1-3-5-7-12(4-2)8-6-9-14(15)13-10-11-13/h12-14H,3-11,15H2,1-2H3. The molecule has 1 rings (SSSR count). The van der Waals surface area contributed by atoms with E-state index in [-0.39, 0.29) is 0 Å². The third-order valence-corrected chi connectivity index (χ3v) is 3.92. The summed E-state index contributed by atoms with van der Waals surface area (Å²) in [4.78, 5) is 0. The maximum absolute atomic E-state index is 6.11. The molecule has 2 atom stereocenters. The van der Waals surface area contributed by atoms with Crippen LogP contribution in [0.25, 0.3) is 0 Å². The average molecular weight is 211 g/mol. The quantitative estimate of drug-likeness (QED) is 0.610. The lowest BCUT2D eigenvalue weighted by atomic mass is 9.92. The van der Waals surface area contributed by atoms with Gasteiger partial charge in [0.25, 0.3) is 0 Å². The van der Waals surface area contributed by atoms with Crippen molar-refractivity contribution in [1.29, 1.82) is 0 Å². The van der Waals surface area contributed by atoms with Crippen molar-refractivity contribution in [2.24, 2.45) is 17.6 Å². The summed E-state index contributed by atoms with van der Waals surface area (Å²) in [5.74, 6) is 1.86. The van der Waals surface area contributed by atoms with Crippen LogP contribution in [-0.4, -0.2) is 6.04 Å². The highest BCUT2D eigenvalue weighted by Gasteiger charge is 2.27. The van der Waals surface area contributed by atoms with Crippen LogP contribution < -0.4 is 5.73 Å². The van der Waals surface area contributed by atoms with Gasteiger partial charge in [0.1, 0.15) is 0 Å². The Bertz CT molecular complexity index is 151. The van der Waals surface area contributed by atoms with Crippen LogP contribution in [0.3, 0.4) is 0 Å². The molecule has 90 valence electrons. The molecule has 0 aliphatic heterocycles. The Kier molecular flexibility index (Phi) is 6.31. The fraction of sp³-hybridized carbons (Fsp3) is 1.00. The number of nitrogens with two attached hydrogens (primary N) is 1. The third-order valence-electron chi connectivity index (χ3n) is 3.92. The Morgan fingerprint density at radius 3 is 2.27 bits per heavy atom. The molecule has 15 heavy (non-hydrogen) atoms. The summed E-state index contributed by atoms with van der Waals surface area (Å²) in [5, 5.41) is 0. The second-order valence-electron chi connectivity index (χ2n) is 5.35. The lowest BCUT2D eigenvalue weighted by Gasteiger charge is -2.16. The van der Waals surface area contributed by atoms with Gasteiger partial charge in [-0.15, -0.1) is 0 Å². The van der Waals surface area contributed by atoms with Gasteiger partial charge in [0.2, 0.25) is 0 Å². The maximum Gasteiger partial charge on any atom is 0.00671 e. The molecule has 0 aromatic carbocycles. The largest absolute Gasteiger partial charge is 0.327 e. The zero-order chi connectivity index (χ0) is 11.1. The molecule has 1 nitrogen and oxygen atoms in total. The molecule has 0 aromatic rings. The fourth-order valence-electron chi connectivity index (χ4n) is 2.45. The molecule has 0 bridgehead atoms. The summed E-state index contributed by atoms with van der Waals surface area (Å²) in [6.45, 7) is 4.62. The SMILES string of the molecule is CCCCC(CC)CCCC(N)C1CC1. The van der Waals surface area contributed by atoms with Gasteiger partial charge < -0.3 is 5.73 Å². The zero-order valence-corrected chi connectivity index (χ0v) is 10.7. The first-order valence-electron chi connectivity index (χ1n) is 7.03. The first-order chi connectivity index (χ1) is 7.27. The second-order valence-corrected chi connectivity index (χ2v) is 5.35. The fourth-order valence-corrected chi connectivity index (χ4v) is 2.45. The van der Waals surface area contributed by atoms with Crippen LogP contribution in [0.5, 0.6) is 0 Å². The van der Waals surface area contributed by atoms with Gasteiger partial charge in [0.05, 0.1) is 0 Å². The van der Waals surface area contributed by atoms with E-state index in [1.807, 2.05) is 0 Å². The van der Waals surface area contributed by atoms with Crippen molar-refractivity contribution in [2.75, 3.05) is 0 Å². The third kappa shape index (κ3) is 5.55.